The molecule has 3 saturated carbocycles. The van der Waals surface area contributed by atoms with E-state index >= 15 is 0 Å². The minimum absolute atomic E-state index is 0.0252. The molecular weight excluding hydrogens is 408 g/mol. The molecular formula is C25H34N2O3S. The summed E-state index contributed by atoms with van der Waals surface area (Å²) in [5, 5.41) is 11.1. The molecule has 2 N–H and O–H groups in total. The topological polar surface area (TPSA) is 79.3 Å². The van der Waals surface area contributed by atoms with E-state index in [2.05, 4.69) is 38.2 Å². The average Bonchev–Trinajstić information content (AvgIpc) is 3.07. The fraction of sp³-hybridized carbons (Fsp3) is 0.720. The van der Waals surface area contributed by atoms with Crippen LogP contribution in [0.15, 0.2) is 24.4 Å². The maximum absolute atomic E-state index is 12.6. The van der Waals surface area contributed by atoms with E-state index in [-0.39, 0.29) is 22.8 Å². The Bertz CT molecular complexity index is 879. The zero-order valence-electron chi connectivity index (χ0n) is 18.7. The first kappa shape index (κ1) is 21.3. The predicted octanol–water partition coefficient (Wildman–Crippen LogP) is 5.32. The summed E-state index contributed by atoms with van der Waals surface area (Å²) in [6.45, 7) is 7.23. The van der Waals surface area contributed by atoms with E-state index in [1.807, 2.05) is 12.3 Å². The first-order valence-electron chi connectivity index (χ1n) is 11.8. The molecule has 1 aromatic heterocycles. The van der Waals surface area contributed by atoms with Crippen molar-refractivity contribution in [3.05, 3.63) is 30.1 Å². The van der Waals surface area contributed by atoms with Crippen LogP contribution in [0.5, 0.6) is 0 Å². The number of carbonyl (C=O) groups excluding carboxylic acids is 1. The number of nitrogens with one attached hydrogen (secondary N) is 1. The number of piperidine rings is 1. The molecule has 3 aliphatic carbocycles. The fourth-order valence-electron chi connectivity index (χ4n) is 8.37. The lowest BCUT2D eigenvalue weighted by molar-refractivity contribution is -0.141. The molecule has 6 heteroatoms. The van der Waals surface area contributed by atoms with Crippen LogP contribution in [0.3, 0.4) is 0 Å². The van der Waals surface area contributed by atoms with Gasteiger partial charge in [0.2, 0.25) is 5.91 Å². The third-order valence-corrected chi connectivity index (χ3v) is 10.6. The molecule has 168 valence electrons. The van der Waals surface area contributed by atoms with Gasteiger partial charge in [0.05, 0.1) is 5.25 Å². The minimum Gasteiger partial charge on any atom is -0.473 e. The van der Waals surface area contributed by atoms with Crippen LogP contribution in [0.2, 0.25) is 0 Å². The molecule has 1 saturated heterocycles. The number of nitrogens with zero attached hydrogens (tertiary/aromatic N) is 1. The molecule has 5 rings (SSSR count). The summed E-state index contributed by atoms with van der Waals surface area (Å²) < 4.78 is 0. The van der Waals surface area contributed by atoms with Crippen molar-refractivity contribution in [1.29, 1.82) is 0 Å². The van der Waals surface area contributed by atoms with E-state index in [0.717, 1.165) is 18.2 Å². The number of amides is 1. The van der Waals surface area contributed by atoms with Crippen LogP contribution in [-0.4, -0.2) is 32.6 Å². The summed E-state index contributed by atoms with van der Waals surface area (Å²) in [5.74, 6) is 2.86. The smallest absolute Gasteiger partial charge is 0.365 e. The van der Waals surface area contributed by atoms with E-state index in [9.17, 15) is 14.7 Å². The van der Waals surface area contributed by atoms with Crippen LogP contribution < -0.4 is 5.32 Å². The molecule has 1 amide bonds. The van der Waals surface area contributed by atoms with Crippen LogP contribution in [-0.2, 0) is 4.79 Å². The van der Waals surface area contributed by atoms with Crippen LogP contribution in [0.25, 0.3) is 0 Å². The molecule has 1 aliphatic heterocycles. The summed E-state index contributed by atoms with van der Waals surface area (Å²) in [4.78, 5) is 28.7. The van der Waals surface area contributed by atoms with Gasteiger partial charge in [0.25, 0.3) is 0 Å². The van der Waals surface area contributed by atoms with Gasteiger partial charge in [0.1, 0.15) is 0 Å². The first-order valence-corrected chi connectivity index (χ1v) is 12.7. The van der Waals surface area contributed by atoms with Crippen molar-refractivity contribution in [2.24, 2.45) is 34.5 Å². The lowest BCUT2D eigenvalue weighted by Gasteiger charge is -2.62. The zero-order chi connectivity index (χ0) is 22.0. The number of carbonyl (C=O) groups is 2. The van der Waals surface area contributed by atoms with Crippen molar-refractivity contribution in [1.82, 2.24) is 10.3 Å². The summed E-state index contributed by atoms with van der Waals surface area (Å²) in [6, 6.07) is 6.49. The number of pyridine rings is 1. The van der Waals surface area contributed by atoms with Crippen molar-refractivity contribution < 1.29 is 14.7 Å². The second-order valence-corrected chi connectivity index (χ2v) is 12.2. The average molecular weight is 443 g/mol. The van der Waals surface area contributed by atoms with Crippen LogP contribution in [0, 0.1) is 34.5 Å². The highest BCUT2D eigenvalue weighted by Gasteiger charge is 2.63. The second-order valence-electron chi connectivity index (χ2n) is 11.1. The van der Waals surface area contributed by atoms with E-state index in [1.165, 1.54) is 31.4 Å². The van der Waals surface area contributed by atoms with Crippen LogP contribution in [0.4, 0.5) is 4.79 Å². The van der Waals surface area contributed by atoms with E-state index < -0.39 is 10.6 Å². The Morgan fingerprint density at radius 3 is 2.68 bits per heavy atom. The SMILES string of the molecule is CC1CC2NC(=O)C(SC(=O)O)C[C@]2(C)[C@@H]2CC[C@]3(C)C(c4ccccn4)CC[C@H]3[C@H]12. The molecule has 1 aromatic rings. The van der Waals surface area contributed by atoms with Gasteiger partial charge in [0, 0.05) is 23.9 Å². The number of carboxylic acid groups (broad SMARTS) is 1. The van der Waals surface area contributed by atoms with Gasteiger partial charge in [-0.1, -0.05) is 26.8 Å². The molecule has 5 nitrogen and oxygen atoms in total. The van der Waals surface area contributed by atoms with Gasteiger partial charge < -0.3 is 10.4 Å². The highest BCUT2D eigenvalue weighted by Crippen LogP contribution is 2.68. The highest BCUT2D eigenvalue weighted by molar-refractivity contribution is 8.14. The molecule has 4 aliphatic rings. The predicted molar refractivity (Wildman–Crippen MR) is 122 cm³/mol. The Hall–Kier alpha value is -1.56. The van der Waals surface area contributed by atoms with Crippen LogP contribution in [0.1, 0.15) is 70.9 Å². The quantitative estimate of drug-likeness (QED) is 0.648. The lowest BCUT2D eigenvalue weighted by Crippen LogP contribution is -2.65. The van der Waals surface area contributed by atoms with Crippen molar-refractivity contribution in [3.63, 3.8) is 0 Å². The van der Waals surface area contributed by atoms with Gasteiger partial charge in [-0.05, 0) is 96.9 Å². The van der Waals surface area contributed by atoms with Crippen LogP contribution >= 0.6 is 11.8 Å². The highest BCUT2D eigenvalue weighted by atomic mass is 32.2. The molecule has 31 heavy (non-hydrogen) atoms. The van der Waals surface area contributed by atoms with E-state index in [0.29, 0.717) is 36.0 Å². The minimum atomic E-state index is -0.951. The van der Waals surface area contributed by atoms with Crippen molar-refractivity contribution in [2.75, 3.05) is 0 Å². The largest absolute Gasteiger partial charge is 0.473 e. The molecule has 2 heterocycles. The molecule has 0 aromatic carbocycles. The zero-order valence-corrected chi connectivity index (χ0v) is 19.5. The summed E-state index contributed by atoms with van der Waals surface area (Å²) in [6.07, 6.45) is 8.44. The third-order valence-electron chi connectivity index (χ3n) is 9.76. The van der Waals surface area contributed by atoms with Gasteiger partial charge in [-0.25, -0.2) is 4.79 Å². The molecule has 0 spiro atoms. The van der Waals surface area contributed by atoms with Gasteiger partial charge in [-0.3, -0.25) is 9.78 Å². The number of hydrogen-bond acceptors (Lipinski definition) is 4. The van der Waals surface area contributed by atoms with E-state index in [1.54, 1.807) is 0 Å². The number of rotatable bonds is 2. The number of hydrogen-bond donors (Lipinski definition) is 2. The van der Waals surface area contributed by atoms with Crippen molar-refractivity contribution in [3.8, 4) is 0 Å². The monoisotopic (exact) mass is 442 g/mol. The molecule has 0 radical (unpaired) electrons. The standard InChI is InChI=1S/C25H34N2O3S/c1-14-12-20-25(3,13-19(22(28)27-20)31-23(29)30)17-9-10-24(2)15(7-8-16(24)21(14)17)18-6-4-5-11-26-18/h4-6,11,14-17,19-21H,7-10,12-13H2,1-3H3,(H,27,28)(H,29,30)/t14?,15?,16-,17+,19?,20?,21-,24+,25+/m0/s1. The molecule has 4 fully saturated rings. The van der Waals surface area contributed by atoms with Gasteiger partial charge in [-0.15, -0.1) is 0 Å². The Morgan fingerprint density at radius 1 is 1.19 bits per heavy atom. The molecule has 4 unspecified atom stereocenters. The molecule has 0 bridgehead atoms. The van der Waals surface area contributed by atoms with Gasteiger partial charge in [0.15, 0.2) is 0 Å². The first-order chi connectivity index (χ1) is 14.7. The maximum Gasteiger partial charge on any atom is 0.365 e. The fourth-order valence-corrected chi connectivity index (χ4v) is 9.23. The second kappa shape index (κ2) is 7.50. The normalized spacial score (nSPS) is 46.4. The number of aromatic nitrogens is 1. The maximum atomic E-state index is 12.6. The van der Waals surface area contributed by atoms with Crippen molar-refractivity contribution >= 4 is 23.0 Å². The lowest BCUT2D eigenvalue weighted by atomic mass is 9.45. The number of thioether (sulfide) groups is 1. The Balaban J connectivity index is 1.45. The van der Waals surface area contributed by atoms with Crippen molar-refractivity contribution in [2.45, 2.75) is 76.5 Å². The van der Waals surface area contributed by atoms with E-state index in [4.69, 9.17) is 4.98 Å². The third kappa shape index (κ3) is 3.23. The number of fused-ring (bicyclic) bond motifs is 5. The summed E-state index contributed by atoms with van der Waals surface area (Å²) in [5.41, 5.74) is 1.50. The molecule has 9 atom stereocenters. The summed E-state index contributed by atoms with van der Waals surface area (Å²) in [7, 11) is 0. The Kier molecular flexibility index (Phi) is 5.15. The summed E-state index contributed by atoms with van der Waals surface area (Å²) >= 11 is 0.791. The van der Waals surface area contributed by atoms with Gasteiger partial charge in [-0.2, -0.15) is 0 Å². The van der Waals surface area contributed by atoms with Gasteiger partial charge >= 0.3 is 5.30 Å². The Morgan fingerprint density at radius 2 is 1.97 bits per heavy atom. The Labute approximate surface area is 189 Å².